The third-order valence-electron chi connectivity index (χ3n) is 2.72. The Hall–Kier alpha value is -0.710. The van der Waals surface area contributed by atoms with E-state index in [9.17, 15) is 4.79 Å². The summed E-state index contributed by atoms with van der Waals surface area (Å²) in [5, 5.41) is 10.2. The second kappa shape index (κ2) is 8.55. The lowest BCUT2D eigenvalue weighted by Gasteiger charge is -2.22. The van der Waals surface area contributed by atoms with Crippen molar-refractivity contribution in [2.24, 2.45) is 0 Å². The molecule has 3 nitrogen and oxygen atoms in total. The van der Waals surface area contributed by atoms with Crippen molar-refractivity contribution in [2.45, 2.75) is 43.9 Å². The van der Waals surface area contributed by atoms with E-state index in [4.69, 9.17) is 16.7 Å². The molecule has 0 aromatic heterocycles. The van der Waals surface area contributed by atoms with Gasteiger partial charge in [0.05, 0.1) is 6.54 Å². The van der Waals surface area contributed by atoms with Gasteiger partial charge in [0.2, 0.25) is 0 Å². The van der Waals surface area contributed by atoms with Crippen LogP contribution in [-0.2, 0) is 11.3 Å². The maximum absolute atomic E-state index is 10.9. The lowest BCUT2D eigenvalue weighted by atomic mass is 10.2. The molecule has 0 unspecified atom stereocenters. The third kappa shape index (κ3) is 5.73. The van der Waals surface area contributed by atoms with Crippen LogP contribution in [0.2, 0.25) is 5.02 Å². The Morgan fingerprint density at radius 2 is 2.15 bits per heavy atom. The molecule has 0 spiro atoms. The Morgan fingerprint density at radius 1 is 1.45 bits per heavy atom. The average Bonchev–Trinajstić information content (AvgIpc) is 2.32. The Morgan fingerprint density at radius 3 is 2.70 bits per heavy atom. The normalized spacial score (nSPS) is 11.3. The first-order chi connectivity index (χ1) is 9.43. The van der Waals surface area contributed by atoms with Gasteiger partial charge in [-0.2, -0.15) is 0 Å². The molecular formula is C15H22ClNO2S. The number of hydrogen-bond donors (Lipinski definition) is 1. The lowest BCUT2D eigenvalue weighted by Crippen LogP contribution is -2.30. The highest BCUT2D eigenvalue weighted by Gasteiger charge is 2.15. The van der Waals surface area contributed by atoms with Gasteiger partial charge in [-0.3, -0.25) is 9.69 Å². The van der Waals surface area contributed by atoms with Gasteiger partial charge in [0.15, 0.2) is 0 Å². The van der Waals surface area contributed by atoms with Crippen molar-refractivity contribution in [1.29, 1.82) is 0 Å². The van der Waals surface area contributed by atoms with E-state index in [0.717, 1.165) is 23.4 Å². The highest BCUT2D eigenvalue weighted by Crippen LogP contribution is 2.32. The summed E-state index contributed by atoms with van der Waals surface area (Å²) in [5.74, 6) is -0.802. The van der Waals surface area contributed by atoms with E-state index in [1.54, 1.807) is 11.8 Å². The van der Waals surface area contributed by atoms with E-state index in [2.05, 4.69) is 19.9 Å². The summed E-state index contributed by atoms with van der Waals surface area (Å²) in [7, 11) is 0. The summed E-state index contributed by atoms with van der Waals surface area (Å²) in [6, 6.07) is 5.86. The van der Waals surface area contributed by atoms with Gasteiger partial charge in [-0.1, -0.05) is 38.4 Å². The molecule has 0 fully saturated rings. The minimum Gasteiger partial charge on any atom is -0.480 e. The molecule has 1 aromatic carbocycles. The summed E-state index contributed by atoms with van der Waals surface area (Å²) < 4.78 is 0. The fourth-order valence-electron chi connectivity index (χ4n) is 2.00. The van der Waals surface area contributed by atoms with Gasteiger partial charge in [0.1, 0.15) is 0 Å². The largest absolute Gasteiger partial charge is 0.480 e. The minimum absolute atomic E-state index is 0.0465. The number of carbonyl (C=O) groups is 1. The van der Waals surface area contributed by atoms with Crippen LogP contribution >= 0.6 is 23.4 Å². The molecule has 0 saturated heterocycles. The van der Waals surface area contributed by atoms with E-state index in [0.29, 0.717) is 16.8 Å². The number of hydrogen-bond acceptors (Lipinski definition) is 3. The molecule has 0 atom stereocenters. The van der Waals surface area contributed by atoms with Crippen LogP contribution in [0.15, 0.2) is 23.1 Å². The molecule has 1 rings (SSSR count). The second-order valence-electron chi connectivity index (χ2n) is 4.99. The van der Waals surface area contributed by atoms with Gasteiger partial charge in [-0.25, -0.2) is 0 Å². The fraction of sp³-hybridized carbons (Fsp3) is 0.533. The predicted molar refractivity (Wildman–Crippen MR) is 85.6 cm³/mol. The maximum atomic E-state index is 10.9. The zero-order chi connectivity index (χ0) is 15.1. The number of carboxylic acids is 1. The molecule has 0 heterocycles. The van der Waals surface area contributed by atoms with Gasteiger partial charge in [-0.05, 0) is 30.7 Å². The SMILES string of the molecule is CCCN(CC(=O)O)Cc1c(Cl)cccc1SC(C)C. The zero-order valence-corrected chi connectivity index (χ0v) is 13.8. The molecule has 1 aromatic rings. The molecule has 0 radical (unpaired) electrons. The molecule has 0 aliphatic rings. The van der Waals surface area contributed by atoms with Crippen molar-refractivity contribution in [2.75, 3.05) is 13.1 Å². The van der Waals surface area contributed by atoms with E-state index in [-0.39, 0.29) is 6.54 Å². The van der Waals surface area contributed by atoms with E-state index in [1.165, 1.54) is 0 Å². The van der Waals surface area contributed by atoms with E-state index < -0.39 is 5.97 Å². The summed E-state index contributed by atoms with van der Waals surface area (Å²) in [5.41, 5.74) is 1.03. The lowest BCUT2D eigenvalue weighted by molar-refractivity contribution is -0.138. The number of rotatable bonds is 8. The van der Waals surface area contributed by atoms with Gasteiger partial charge in [0.25, 0.3) is 0 Å². The van der Waals surface area contributed by atoms with Crippen LogP contribution < -0.4 is 0 Å². The third-order valence-corrected chi connectivity index (χ3v) is 4.18. The van der Waals surface area contributed by atoms with Crippen LogP contribution in [-0.4, -0.2) is 34.3 Å². The number of carboxylic acid groups (broad SMARTS) is 1. The van der Waals surface area contributed by atoms with E-state index in [1.807, 2.05) is 24.0 Å². The zero-order valence-electron chi connectivity index (χ0n) is 12.2. The number of thioether (sulfide) groups is 1. The first-order valence-electron chi connectivity index (χ1n) is 6.82. The number of benzene rings is 1. The maximum Gasteiger partial charge on any atom is 0.317 e. The quantitative estimate of drug-likeness (QED) is 0.732. The monoisotopic (exact) mass is 315 g/mol. The Balaban J connectivity index is 2.94. The summed E-state index contributed by atoms with van der Waals surface area (Å²) in [4.78, 5) is 14.0. The van der Waals surface area contributed by atoms with Crippen LogP contribution in [0.25, 0.3) is 0 Å². The first-order valence-corrected chi connectivity index (χ1v) is 8.08. The highest BCUT2D eigenvalue weighted by molar-refractivity contribution is 8.00. The molecule has 0 bridgehead atoms. The number of nitrogens with zero attached hydrogens (tertiary/aromatic N) is 1. The van der Waals surface area contributed by atoms with Crippen LogP contribution in [0, 0.1) is 0 Å². The first kappa shape index (κ1) is 17.3. The minimum atomic E-state index is -0.802. The molecule has 0 saturated carbocycles. The molecule has 20 heavy (non-hydrogen) atoms. The Bertz CT molecular complexity index is 451. The highest BCUT2D eigenvalue weighted by atomic mass is 35.5. The van der Waals surface area contributed by atoms with Crippen molar-refractivity contribution in [1.82, 2.24) is 4.90 Å². The van der Waals surface area contributed by atoms with Gasteiger partial charge in [0, 0.05) is 21.7 Å². The van der Waals surface area contributed by atoms with Crippen molar-refractivity contribution in [3.63, 3.8) is 0 Å². The van der Waals surface area contributed by atoms with Gasteiger partial charge in [-0.15, -0.1) is 11.8 Å². The average molecular weight is 316 g/mol. The standard InChI is InChI=1S/C15H22ClNO2S/c1-4-8-17(10-15(18)19)9-12-13(16)6-5-7-14(12)20-11(2)3/h5-7,11H,4,8-10H2,1-3H3,(H,18,19). The predicted octanol–water partition coefficient (Wildman–Crippen LogP) is 4.14. The molecule has 0 amide bonds. The summed E-state index contributed by atoms with van der Waals surface area (Å²) in [6.45, 7) is 7.70. The topological polar surface area (TPSA) is 40.5 Å². The molecule has 0 aliphatic carbocycles. The molecule has 0 aliphatic heterocycles. The Labute approximate surface area is 130 Å². The van der Waals surface area contributed by atoms with Gasteiger partial charge >= 0.3 is 5.97 Å². The van der Waals surface area contributed by atoms with Crippen LogP contribution in [0.5, 0.6) is 0 Å². The van der Waals surface area contributed by atoms with Crippen LogP contribution in [0.3, 0.4) is 0 Å². The summed E-state index contributed by atoms with van der Waals surface area (Å²) in [6.07, 6.45) is 0.921. The molecule has 5 heteroatoms. The van der Waals surface area contributed by atoms with Crippen molar-refractivity contribution < 1.29 is 9.90 Å². The van der Waals surface area contributed by atoms with Crippen LogP contribution in [0.1, 0.15) is 32.8 Å². The molecular weight excluding hydrogens is 294 g/mol. The Kier molecular flexibility index (Phi) is 7.41. The number of halogens is 1. The number of aliphatic carboxylic acids is 1. The van der Waals surface area contributed by atoms with Crippen molar-refractivity contribution in [3.05, 3.63) is 28.8 Å². The van der Waals surface area contributed by atoms with Crippen molar-refractivity contribution in [3.8, 4) is 0 Å². The second-order valence-corrected chi connectivity index (χ2v) is 7.01. The fourth-order valence-corrected chi connectivity index (χ4v) is 3.27. The summed E-state index contributed by atoms with van der Waals surface area (Å²) >= 11 is 8.07. The molecule has 1 N–H and O–H groups in total. The van der Waals surface area contributed by atoms with Crippen LogP contribution in [0.4, 0.5) is 0 Å². The van der Waals surface area contributed by atoms with Gasteiger partial charge < -0.3 is 5.11 Å². The smallest absolute Gasteiger partial charge is 0.317 e. The van der Waals surface area contributed by atoms with Crippen molar-refractivity contribution >= 4 is 29.3 Å². The van der Waals surface area contributed by atoms with E-state index >= 15 is 0 Å². The molecule has 112 valence electrons.